The number of rotatable bonds is 2. The molecule has 1 unspecified atom stereocenters. The third-order valence-corrected chi connectivity index (χ3v) is 4.37. The Morgan fingerprint density at radius 2 is 2.26 bits per heavy atom. The van der Waals surface area contributed by atoms with Crippen LogP contribution in [-0.2, 0) is 9.59 Å². The zero-order valence-corrected chi connectivity index (χ0v) is 12.6. The van der Waals surface area contributed by atoms with Crippen LogP contribution in [0.25, 0.3) is 0 Å². The molecule has 1 aromatic carbocycles. The minimum absolute atomic E-state index is 0.0205. The Morgan fingerprint density at radius 1 is 1.58 bits per heavy atom. The van der Waals surface area contributed by atoms with Crippen molar-refractivity contribution in [2.24, 2.45) is 0 Å². The molecule has 4 nitrogen and oxygen atoms in total. The number of thioether (sulfide) groups is 1. The highest BCUT2D eigenvalue weighted by atomic mass is 79.9. The Hall–Kier alpha value is -1.08. The molecular weight excluding hydrogens is 335 g/mol. The van der Waals surface area contributed by atoms with Crippen LogP contribution in [0.1, 0.15) is 13.3 Å². The molecule has 2 rings (SSSR count). The van der Waals surface area contributed by atoms with E-state index in [1.54, 1.807) is 0 Å². The van der Waals surface area contributed by atoms with E-state index in [-0.39, 0.29) is 26.4 Å². The van der Waals surface area contributed by atoms with Gasteiger partial charge in [0.1, 0.15) is 5.82 Å². The normalized spacial score (nSPS) is 19.0. The Balaban J connectivity index is 2.25. The van der Waals surface area contributed by atoms with Gasteiger partial charge in [0.15, 0.2) is 5.12 Å². The molecule has 2 N–H and O–H groups in total. The molecule has 1 fully saturated rings. The van der Waals surface area contributed by atoms with Gasteiger partial charge >= 0.3 is 0 Å². The van der Waals surface area contributed by atoms with Crippen molar-refractivity contribution in [3.63, 3.8) is 0 Å². The van der Waals surface area contributed by atoms with Gasteiger partial charge in [0.25, 0.3) is 0 Å². The van der Waals surface area contributed by atoms with Crippen LogP contribution in [0.5, 0.6) is 0 Å². The minimum Gasteiger partial charge on any atom is -0.397 e. The Kier molecular flexibility index (Phi) is 4.15. The summed E-state index contributed by atoms with van der Waals surface area (Å²) in [5.74, 6) is -0.577. The molecule has 0 aromatic heterocycles. The van der Waals surface area contributed by atoms with E-state index in [2.05, 4.69) is 15.9 Å². The molecule has 1 atom stereocenters. The maximum absolute atomic E-state index is 13.3. The molecule has 102 valence electrons. The number of amides is 1. The first kappa shape index (κ1) is 14.3. The Morgan fingerprint density at radius 3 is 2.89 bits per heavy atom. The predicted molar refractivity (Wildman–Crippen MR) is 77.5 cm³/mol. The zero-order valence-electron chi connectivity index (χ0n) is 10.2. The molecule has 0 aliphatic carbocycles. The molecular formula is C12H12BrFN2O2S. The van der Waals surface area contributed by atoms with Gasteiger partial charge < -0.3 is 10.6 Å². The average Bonchev–Trinajstić information content (AvgIpc) is 2.63. The van der Waals surface area contributed by atoms with Crippen LogP contribution in [-0.4, -0.2) is 22.8 Å². The fraction of sp³-hybridized carbons (Fsp3) is 0.333. The summed E-state index contributed by atoms with van der Waals surface area (Å²) in [4.78, 5) is 24.5. The van der Waals surface area contributed by atoms with E-state index in [9.17, 15) is 14.0 Å². The summed E-state index contributed by atoms with van der Waals surface area (Å²) in [6, 6.07) is 2.67. The molecule has 0 saturated carbocycles. The van der Waals surface area contributed by atoms with Gasteiger partial charge in [-0.1, -0.05) is 11.8 Å². The highest BCUT2D eigenvalue weighted by Crippen LogP contribution is 2.34. The average molecular weight is 347 g/mol. The SMILES string of the molecule is CC(=O)SC1CC(=O)N(c2cc(Br)c(F)cc2N)C1. The summed E-state index contributed by atoms with van der Waals surface area (Å²) in [5.41, 5.74) is 6.44. The van der Waals surface area contributed by atoms with E-state index in [1.165, 1.54) is 24.0 Å². The number of nitrogen functional groups attached to an aromatic ring is 1. The Labute approximate surface area is 122 Å². The molecule has 0 bridgehead atoms. The van der Waals surface area contributed by atoms with Crippen LogP contribution in [0.15, 0.2) is 16.6 Å². The number of benzene rings is 1. The van der Waals surface area contributed by atoms with Crippen molar-refractivity contribution in [3.05, 3.63) is 22.4 Å². The summed E-state index contributed by atoms with van der Waals surface area (Å²) in [7, 11) is 0. The third kappa shape index (κ3) is 3.09. The first-order chi connectivity index (χ1) is 8.88. The molecule has 1 aliphatic rings. The van der Waals surface area contributed by atoms with Gasteiger partial charge in [-0.15, -0.1) is 0 Å². The van der Waals surface area contributed by atoms with Crippen LogP contribution in [0.2, 0.25) is 0 Å². The van der Waals surface area contributed by atoms with Crippen molar-refractivity contribution < 1.29 is 14.0 Å². The maximum atomic E-state index is 13.3. The number of hydrogen-bond donors (Lipinski definition) is 1. The van der Waals surface area contributed by atoms with E-state index in [1.807, 2.05) is 0 Å². The maximum Gasteiger partial charge on any atom is 0.228 e. The smallest absolute Gasteiger partial charge is 0.228 e. The quantitative estimate of drug-likeness (QED) is 0.836. The molecule has 19 heavy (non-hydrogen) atoms. The van der Waals surface area contributed by atoms with Gasteiger partial charge in [-0.3, -0.25) is 9.59 Å². The molecule has 1 saturated heterocycles. The van der Waals surface area contributed by atoms with Gasteiger partial charge in [0.05, 0.1) is 15.8 Å². The number of carbonyl (C=O) groups is 2. The number of halogens is 2. The van der Waals surface area contributed by atoms with Crippen LogP contribution in [0.4, 0.5) is 15.8 Å². The van der Waals surface area contributed by atoms with E-state index in [0.717, 1.165) is 11.8 Å². The van der Waals surface area contributed by atoms with Crippen molar-refractivity contribution in [2.75, 3.05) is 17.2 Å². The van der Waals surface area contributed by atoms with Crippen molar-refractivity contribution in [3.8, 4) is 0 Å². The van der Waals surface area contributed by atoms with E-state index in [4.69, 9.17) is 5.73 Å². The van der Waals surface area contributed by atoms with Gasteiger partial charge in [-0.05, 0) is 22.0 Å². The summed E-state index contributed by atoms with van der Waals surface area (Å²) in [5, 5.41) is -0.0962. The first-order valence-corrected chi connectivity index (χ1v) is 7.28. The van der Waals surface area contributed by atoms with Gasteiger partial charge in [0, 0.05) is 31.2 Å². The van der Waals surface area contributed by atoms with Crippen molar-refractivity contribution in [1.29, 1.82) is 0 Å². The molecule has 1 amide bonds. The van der Waals surface area contributed by atoms with Gasteiger partial charge in [-0.2, -0.15) is 0 Å². The molecule has 1 aromatic rings. The minimum atomic E-state index is -0.470. The highest BCUT2D eigenvalue weighted by Gasteiger charge is 2.33. The summed E-state index contributed by atoms with van der Waals surface area (Å²) in [6.45, 7) is 1.88. The van der Waals surface area contributed by atoms with E-state index < -0.39 is 5.82 Å². The lowest BCUT2D eigenvalue weighted by molar-refractivity contribution is -0.117. The predicted octanol–water partition coefficient (Wildman–Crippen LogP) is 2.56. The van der Waals surface area contributed by atoms with Crippen LogP contribution in [0.3, 0.4) is 0 Å². The topological polar surface area (TPSA) is 63.4 Å². The van der Waals surface area contributed by atoms with Gasteiger partial charge in [0.2, 0.25) is 5.91 Å². The Bertz CT molecular complexity index is 553. The lowest BCUT2D eigenvalue weighted by Crippen LogP contribution is -2.26. The van der Waals surface area contributed by atoms with E-state index in [0.29, 0.717) is 18.7 Å². The van der Waals surface area contributed by atoms with Crippen molar-refractivity contribution in [1.82, 2.24) is 0 Å². The third-order valence-electron chi connectivity index (χ3n) is 2.78. The lowest BCUT2D eigenvalue weighted by Gasteiger charge is -2.19. The van der Waals surface area contributed by atoms with Crippen molar-refractivity contribution >= 4 is 50.1 Å². The second kappa shape index (κ2) is 5.50. The number of nitrogens with two attached hydrogens (primary N) is 1. The monoisotopic (exact) mass is 346 g/mol. The largest absolute Gasteiger partial charge is 0.397 e. The lowest BCUT2D eigenvalue weighted by atomic mass is 10.2. The fourth-order valence-corrected chi connectivity index (χ4v) is 3.26. The highest BCUT2D eigenvalue weighted by molar-refractivity contribution is 9.10. The summed E-state index contributed by atoms with van der Waals surface area (Å²) < 4.78 is 13.6. The first-order valence-electron chi connectivity index (χ1n) is 5.60. The molecule has 0 radical (unpaired) electrons. The molecule has 1 aliphatic heterocycles. The fourth-order valence-electron chi connectivity index (χ4n) is 2.01. The molecule has 7 heteroatoms. The summed E-state index contributed by atoms with van der Waals surface area (Å²) >= 11 is 4.22. The van der Waals surface area contributed by atoms with Crippen LogP contribution < -0.4 is 10.6 Å². The van der Waals surface area contributed by atoms with Crippen LogP contribution >= 0.6 is 27.7 Å². The second-order valence-electron chi connectivity index (χ2n) is 4.27. The molecule has 0 spiro atoms. The second-order valence-corrected chi connectivity index (χ2v) is 6.60. The number of hydrogen-bond acceptors (Lipinski definition) is 4. The number of nitrogens with zero attached hydrogens (tertiary/aromatic N) is 1. The summed E-state index contributed by atoms with van der Waals surface area (Å²) in [6.07, 6.45) is 0.290. The van der Waals surface area contributed by atoms with E-state index >= 15 is 0 Å². The van der Waals surface area contributed by atoms with Crippen molar-refractivity contribution in [2.45, 2.75) is 18.6 Å². The van der Waals surface area contributed by atoms with Crippen LogP contribution in [0, 0.1) is 5.82 Å². The number of anilines is 2. The van der Waals surface area contributed by atoms with Gasteiger partial charge in [-0.25, -0.2) is 4.39 Å². The molecule has 1 heterocycles. The zero-order chi connectivity index (χ0) is 14.2. The standard InChI is InChI=1S/C12H12BrFN2O2S/c1-6(17)19-7-2-12(18)16(5-7)11-3-8(13)9(14)4-10(11)15/h3-4,7H,2,5,15H2,1H3. The number of carbonyl (C=O) groups excluding carboxylic acids is 2.